The lowest BCUT2D eigenvalue weighted by molar-refractivity contribution is -0.125. The van der Waals surface area contributed by atoms with Crippen molar-refractivity contribution in [3.05, 3.63) is 53.8 Å². The zero-order valence-electron chi connectivity index (χ0n) is 13.4. The molecule has 0 saturated heterocycles. The van der Waals surface area contributed by atoms with Crippen LogP contribution < -0.4 is 15.0 Å². The van der Waals surface area contributed by atoms with E-state index >= 15 is 0 Å². The minimum atomic E-state index is -0.577. The smallest absolute Gasteiger partial charge is 0.267 e. The number of carbonyl (C=O) groups excluding carboxylic acids is 2. The highest BCUT2D eigenvalue weighted by molar-refractivity contribution is 6.05. The average Bonchev–Trinajstić information content (AvgIpc) is 2.56. The monoisotopic (exact) mass is 328 g/mol. The summed E-state index contributed by atoms with van der Waals surface area (Å²) in [5, 5.41) is 2.71. The van der Waals surface area contributed by atoms with Gasteiger partial charge in [-0.1, -0.05) is 6.07 Å². The van der Waals surface area contributed by atoms with Crippen molar-refractivity contribution < 1.29 is 18.7 Å². The van der Waals surface area contributed by atoms with Crippen LogP contribution in [0.4, 0.5) is 15.8 Å². The van der Waals surface area contributed by atoms with Crippen LogP contribution in [0.3, 0.4) is 0 Å². The predicted octanol–water partition coefficient (Wildman–Crippen LogP) is 3.21. The second kappa shape index (κ2) is 6.31. The lowest BCUT2D eigenvalue weighted by atomic mass is 10.1. The molecule has 1 aliphatic heterocycles. The van der Waals surface area contributed by atoms with E-state index in [1.165, 1.54) is 24.3 Å². The zero-order valence-corrected chi connectivity index (χ0v) is 13.4. The van der Waals surface area contributed by atoms with Gasteiger partial charge in [-0.2, -0.15) is 0 Å². The molecule has 1 unspecified atom stereocenters. The second-order valence-corrected chi connectivity index (χ2v) is 5.49. The first-order valence-corrected chi connectivity index (χ1v) is 7.68. The van der Waals surface area contributed by atoms with Gasteiger partial charge in [-0.15, -0.1) is 0 Å². The third kappa shape index (κ3) is 2.95. The maximum atomic E-state index is 13.2. The number of fused-ring (bicyclic) bond motifs is 1. The first-order chi connectivity index (χ1) is 11.5. The SMILES string of the molecule is CCN1C(=O)C(C)Oc2cc(NC(=O)c3cccc(F)c3)ccc21. The Hall–Kier alpha value is -2.89. The molecular weight excluding hydrogens is 311 g/mol. The first-order valence-electron chi connectivity index (χ1n) is 7.68. The first kappa shape index (κ1) is 16.0. The van der Waals surface area contributed by atoms with Crippen molar-refractivity contribution in [1.29, 1.82) is 0 Å². The number of benzene rings is 2. The summed E-state index contributed by atoms with van der Waals surface area (Å²) in [7, 11) is 0. The average molecular weight is 328 g/mol. The van der Waals surface area contributed by atoms with Crippen molar-refractivity contribution in [3.63, 3.8) is 0 Å². The summed E-state index contributed by atoms with van der Waals surface area (Å²) in [4.78, 5) is 25.9. The van der Waals surface area contributed by atoms with Gasteiger partial charge >= 0.3 is 0 Å². The molecule has 1 heterocycles. The number of amides is 2. The van der Waals surface area contributed by atoms with Crippen LogP contribution in [0.5, 0.6) is 5.75 Å². The number of nitrogens with one attached hydrogen (secondary N) is 1. The Morgan fingerprint density at radius 1 is 1.29 bits per heavy atom. The van der Waals surface area contributed by atoms with Gasteiger partial charge in [0, 0.05) is 23.9 Å². The largest absolute Gasteiger partial charge is 0.479 e. The normalized spacial score (nSPS) is 16.4. The van der Waals surface area contributed by atoms with E-state index in [1.807, 2.05) is 6.92 Å². The Morgan fingerprint density at radius 2 is 2.08 bits per heavy atom. The summed E-state index contributed by atoms with van der Waals surface area (Å²) in [6.45, 7) is 4.11. The van der Waals surface area contributed by atoms with E-state index in [0.29, 0.717) is 23.7 Å². The van der Waals surface area contributed by atoms with Gasteiger partial charge in [-0.05, 0) is 44.2 Å². The minimum absolute atomic E-state index is 0.0958. The number of ether oxygens (including phenoxy) is 1. The Balaban J connectivity index is 1.85. The summed E-state index contributed by atoms with van der Waals surface area (Å²) < 4.78 is 18.8. The Labute approximate surface area is 139 Å². The maximum Gasteiger partial charge on any atom is 0.267 e. The second-order valence-electron chi connectivity index (χ2n) is 5.49. The van der Waals surface area contributed by atoms with Crippen molar-refractivity contribution >= 4 is 23.2 Å². The van der Waals surface area contributed by atoms with Crippen molar-refractivity contribution in [2.75, 3.05) is 16.8 Å². The maximum absolute atomic E-state index is 13.2. The van der Waals surface area contributed by atoms with E-state index in [4.69, 9.17) is 4.74 Å². The van der Waals surface area contributed by atoms with Crippen LogP contribution in [0.2, 0.25) is 0 Å². The van der Waals surface area contributed by atoms with E-state index < -0.39 is 17.8 Å². The van der Waals surface area contributed by atoms with Crippen LogP contribution in [-0.4, -0.2) is 24.5 Å². The molecule has 124 valence electrons. The van der Waals surface area contributed by atoms with E-state index in [2.05, 4.69) is 5.32 Å². The van der Waals surface area contributed by atoms with Crippen LogP contribution in [0, 0.1) is 5.82 Å². The van der Waals surface area contributed by atoms with Crippen molar-refractivity contribution in [1.82, 2.24) is 0 Å². The van der Waals surface area contributed by atoms with Crippen molar-refractivity contribution in [2.45, 2.75) is 20.0 Å². The number of carbonyl (C=O) groups is 2. The van der Waals surface area contributed by atoms with Gasteiger partial charge in [0.25, 0.3) is 11.8 Å². The number of rotatable bonds is 3. The summed E-state index contributed by atoms with van der Waals surface area (Å²) in [6, 6.07) is 10.5. The lowest BCUT2D eigenvalue weighted by Gasteiger charge is -2.32. The van der Waals surface area contributed by atoms with Gasteiger partial charge < -0.3 is 15.0 Å². The molecular formula is C18H17FN2O3. The van der Waals surface area contributed by atoms with Gasteiger partial charge in [0.15, 0.2) is 6.10 Å². The van der Waals surface area contributed by atoms with Crippen LogP contribution in [0.25, 0.3) is 0 Å². The van der Waals surface area contributed by atoms with Gasteiger partial charge in [0.2, 0.25) is 0 Å². The molecule has 24 heavy (non-hydrogen) atoms. The Kier molecular flexibility index (Phi) is 4.20. The fourth-order valence-corrected chi connectivity index (χ4v) is 2.65. The van der Waals surface area contributed by atoms with E-state index in [0.717, 1.165) is 0 Å². The number of nitrogens with zero attached hydrogens (tertiary/aromatic N) is 1. The van der Waals surface area contributed by atoms with Crippen LogP contribution in [0.15, 0.2) is 42.5 Å². The van der Waals surface area contributed by atoms with Gasteiger partial charge in [-0.25, -0.2) is 4.39 Å². The topological polar surface area (TPSA) is 58.6 Å². The molecule has 1 atom stereocenters. The third-order valence-electron chi connectivity index (χ3n) is 3.83. The molecule has 0 radical (unpaired) electrons. The fraction of sp³-hybridized carbons (Fsp3) is 0.222. The molecule has 2 amide bonds. The van der Waals surface area contributed by atoms with Crippen molar-refractivity contribution in [3.8, 4) is 5.75 Å². The number of likely N-dealkylation sites (N-methyl/N-ethyl adjacent to an activating group) is 1. The van der Waals surface area contributed by atoms with E-state index in [9.17, 15) is 14.0 Å². The molecule has 0 aliphatic carbocycles. The molecule has 1 aliphatic rings. The van der Waals surface area contributed by atoms with Gasteiger partial charge in [-0.3, -0.25) is 9.59 Å². The van der Waals surface area contributed by atoms with E-state index in [-0.39, 0.29) is 11.5 Å². The molecule has 5 nitrogen and oxygen atoms in total. The fourth-order valence-electron chi connectivity index (χ4n) is 2.65. The molecule has 0 fully saturated rings. The van der Waals surface area contributed by atoms with E-state index in [1.54, 1.807) is 30.0 Å². The number of halogens is 1. The summed E-state index contributed by atoms with van der Waals surface area (Å²) in [5.41, 5.74) is 1.41. The highest BCUT2D eigenvalue weighted by Gasteiger charge is 2.30. The molecule has 2 aromatic rings. The van der Waals surface area contributed by atoms with Gasteiger partial charge in [0.1, 0.15) is 11.6 Å². The zero-order chi connectivity index (χ0) is 17.3. The quantitative estimate of drug-likeness (QED) is 0.941. The molecule has 0 bridgehead atoms. The molecule has 0 saturated carbocycles. The summed E-state index contributed by atoms with van der Waals surface area (Å²) in [6.07, 6.45) is -0.577. The number of hydrogen-bond donors (Lipinski definition) is 1. The molecule has 3 rings (SSSR count). The molecule has 0 spiro atoms. The third-order valence-corrected chi connectivity index (χ3v) is 3.83. The van der Waals surface area contributed by atoms with Crippen LogP contribution >= 0.6 is 0 Å². The molecule has 0 aromatic heterocycles. The number of anilines is 2. The minimum Gasteiger partial charge on any atom is -0.479 e. The Morgan fingerprint density at radius 3 is 2.79 bits per heavy atom. The molecule has 1 N–H and O–H groups in total. The van der Waals surface area contributed by atoms with Crippen LogP contribution in [0.1, 0.15) is 24.2 Å². The summed E-state index contributed by atoms with van der Waals surface area (Å²) >= 11 is 0. The van der Waals surface area contributed by atoms with Crippen LogP contribution in [-0.2, 0) is 4.79 Å². The Bertz CT molecular complexity index is 807. The summed E-state index contributed by atoms with van der Waals surface area (Å²) in [5.74, 6) is -0.452. The van der Waals surface area contributed by atoms with Gasteiger partial charge in [0.05, 0.1) is 5.69 Å². The van der Waals surface area contributed by atoms with Crippen molar-refractivity contribution in [2.24, 2.45) is 0 Å². The lowest BCUT2D eigenvalue weighted by Crippen LogP contribution is -2.44. The standard InChI is InChI=1S/C18H17FN2O3/c1-3-21-15-8-7-14(10-16(15)24-11(2)18(21)23)20-17(22)12-5-4-6-13(19)9-12/h4-11H,3H2,1-2H3,(H,20,22). The highest BCUT2D eigenvalue weighted by Crippen LogP contribution is 2.36. The highest BCUT2D eigenvalue weighted by atomic mass is 19.1. The number of hydrogen-bond acceptors (Lipinski definition) is 3. The predicted molar refractivity (Wildman–Crippen MR) is 88.9 cm³/mol. The molecule has 2 aromatic carbocycles. The molecule has 6 heteroatoms.